The quantitative estimate of drug-likeness (QED) is 0.796. The van der Waals surface area contributed by atoms with Gasteiger partial charge in [0.25, 0.3) is 0 Å². The molecule has 8 heteroatoms. The molecule has 2 N–H and O–H groups in total. The highest BCUT2D eigenvalue weighted by Gasteiger charge is 2.23. The highest BCUT2D eigenvalue weighted by atomic mass is 32.2. The number of nitrogens with one attached hydrogen (secondary N) is 1. The number of fused-ring (bicyclic) bond motifs is 1. The Bertz CT molecular complexity index is 700. The lowest BCUT2D eigenvalue weighted by molar-refractivity contribution is -0.133. The zero-order valence-electron chi connectivity index (χ0n) is 11.2. The summed E-state index contributed by atoms with van der Waals surface area (Å²) in [6.45, 7) is 0.557. The molecule has 0 saturated carbocycles. The Labute approximate surface area is 124 Å². The number of rotatable bonds is 5. The van der Waals surface area contributed by atoms with Gasteiger partial charge in [0.05, 0.1) is 5.75 Å². The first-order valence-corrected chi connectivity index (χ1v) is 7.57. The van der Waals surface area contributed by atoms with Crippen LogP contribution < -0.4 is 5.32 Å². The summed E-state index contributed by atoms with van der Waals surface area (Å²) < 4.78 is 1.89. The maximum Gasteiger partial charge on any atom is 0.313 e. The minimum Gasteiger partial charge on any atom is -0.481 e. The summed E-state index contributed by atoms with van der Waals surface area (Å²) in [5, 5.41) is 12.4. The second kappa shape index (κ2) is 5.72. The van der Waals surface area contributed by atoms with Gasteiger partial charge in [0.15, 0.2) is 10.8 Å². The number of carboxylic acids is 1. The number of aliphatic carboxylic acids is 1. The Morgan fingerprint density at radius 1 is 1.57 bits per heavy atom. The minimum atomic E-state index is -0.888. The Balaban J connectivity index is 1.91. The number of carboxylic acid groups (broad SMARTS) is 1. The summed E-state index contributed by atoms with van der Waals surface area (Å²) in [5.74, 6) is -0.891. The predicted octanol–water partition coefficient (Wildman–Crippen LogP) is 0.887. The van der Waals surface area contributed by atoms with E-state index in [1.807, 2.05) is 10.6 Å². The van der Waals surface area contributed by atoms with Crippen LogP contribution in [0, 0.1) is 0 Å². The van der Waals surface area contributed by atoms with Crippen LogP contribution in [-0.4, -0.2) is 43.3 Å². The van der Waals surface area contributed by atoms with Crippen LogP contribution in [0.1, 0.15) is 12.8 Å². The van der Waals surface area contributed by atoms with E-state index in [4.69, 9.17) is 5.11 Å². The lowest BCUT2D eigenvalue weighted by atomic mass is 10.2. The molecule has 0 aliphatic carbocycles. The van der Waals surface area contributed by atoms with Crippen molar-refractivity contribution in [3.8, 4) is 0 Å². The number of nitrogens with zero attached hydrogens (tertiary/aromatic N) is 3. The molecule has 21 heavy (non-hydrogen) atoms. The standard InChI is InChI=1S/C13H14N4O3S/c18-10-4-3-8(15-10)6-17-12-9(2-1-5-14-12)16-13(17)21-7-11(19)20/h1-2,5,8H,3-4,6-7H2,(H,15,18)(H,19,20). The van der Waals surface area contributed by atoms with Crippen LogP contribution in [0.5, 0.6) is 0 Å². The molecule has 2 aromatic rings. The predicted molar refractivity (Wildman–Crippen MR) is 77.1 cm³/mol. The van der Waals surface area contributed by atoms with Gasteiger partial charge in [-0.3, -0.25) is 9.59 Å². The van der Waals surface area contributed by atoms with Crippen molar-refractivity contribution in [3.05, 3.63) is 18.3 Å². The van der Waals surface area contributed by atoms with Gasteiger partial charge in [-0.15, -0.1) is 0 Å². The van der Waals surface area contributed by atoms with E-state index in [2.05, 4.69) is 15.3 Å². The maximum atomic E-state index is 11.3. The monoisotopic (exact) mass is 306 g/mol. The number of carbonyl (C=O) groups excluding carboxylic acids is 1. The Kier molecular flexibility index (Phi) is 3.78. The summed E-state index contributed by atoms with van der Waals surface area (Å²) in [4.78, 5) is 30.8. The summed E-state index contributed by atoms with van der Waals surface area (Å²) in [5.41, 5.74) is 1.45. The van der Waals surface area contributed by atoms with Gasteiger partial charge in [-0.1, -0.05) is 11.8 Å². The molecule has 0 aromatic carbocycles. The average molecular weight is 306 g/mol. The third-order valence-corrected chi connectivity index (χ3v) is 4.24. The van der Waals surface area contributed by atoms with E-state index in [1.54, 1.807) is 12.3 Å². The number of carbonyl (C=O) groups is 2. The topological polar surface area (TPSA) is 97.1 Å². The molecule has 1 aliphatic heterocycles. The largest absolute Gasteiger partial charge is 0.481 e. The summed E-state index contributed by atoms with van der Waals surface area (Å²) >= 11 is 1.16. The normalized spacial score (nSPS) is 18.1. The average Bonchev–Trinajstić information content (AvgIpc) is 3.01. The van der Waals surface area contributed by atoms with Gasteiger partial charge in [-0.25, -0.2) is 9.97 Å². The van der Waals surface area contributed by atoms with E-state index in [0.717, 1.165) is 23.7 Å². The van der Waals surface area contributed by atoms with Gasteiger partial charge in [0.1, 0.15) is 5.52 Å². The van der Waals surface area contributed by atoms with Gasteiger partial charge >= 0.3 is 5.97 Å². The highest BCUT2D eigenvalue weighted by molar-refractivity contribution is 7.99. The van der Waals surface area contributed by atoms with Crippen molar-refractivity contribution in [2.45, 2.75) is 30.6 Å². The minimum absolute atomic E-state index is 0.0427. The molecule has 0 spiro atoms. The molecule has 3 heterocycles. The maximum absolute atomic E-state index is 11.3. The van der Waals surface area contributed by atoms with E-state index >= 15 is 0 Å². The molecule has 1 saturated heterocycles. The van der Waals surface area contributed by atoms with E-state index in [-0.39, 0.29) is 17.7 Å². The molecule has 3 rings (SSSR count). The van der Waals surface area contributed by atoms with Gasteiger partial charge < -0.3 is 15.0 Å². The smallest absolute Gasteiger partial charge is 0.313 e. The van der Waals surface area contributed by atoms with Crippen molar-refractivity contribution in [1.82, 2.24) is 19.9 Å². The molecule has 1 fully saturated rings. The van der Waals surface area contributed by atoms with Crippen LogP contribution in [0.2, 0.25) is 0 Å². The zero-order valence-corrected chi connectivity index (χ0v) is 12.0. The fourth-order valence-corrected chi connectivity index (χ4v) is 3.11. The third kappa shape index (κ3) is 2.99. The lowest BCUT2D eigenvalue weighted by Crippen LogP contribution is -2.29. The van der Waals surface area contributed by atoms with E-state index < -0.39 is 5.97 Å². The molecule has 2 aromatic heterocycles. The van der Waals surface area contributed by atoms with Crippen LogP contribution in [-0.2, 0) is 16.1 Å². The number of thioether (sulfide) groups is 1. The highest BCUT2D eigenvalue weighted by Crippen LogP contribution is 2.24. The molecule has 0 radical (unpaired) electrons. The Morgan fingerprint density at radius 3 is 3.14 bits per heavy atom. The van der Waals surface area contributed by atoms with Gasteiger partial charge in [-0.05, 0) is 18.6 Å². The van der Waals surface area contributed by atoms with Gasteiger partial charge in [-0.2, -0.15) is 0 Å². The molecule has 1 atom stereocenters. The fourth-order valence-electron chi connectivity index (χ4n) is 2.37. The number of amides is 1. The molecule has 7 nitrogen and oxygen atoms in total. The first-order valence-electron chi connectivity index (χ1n) is 6.58. The number of hydrogen-bond acceptors (Lipinski definition) is 5. The fraction of sp³-hybridized carbons (Fsp3) is 0.385. The molecule has 1 unspecified atom stereocenters. The van der Waals surface area contributed by atoms with Crippen LogP contribution in [0.25, 0.3) is 11.2 Å². The van der Waals surface area contributed by atoms with Crippen LogP contribution in [0.15, 0.2) is 23.5 Å². The SMILES string of the molecule is O=C(O)CSc1nc2cccnc2n1CC1CCC(=O)N1. The van der Waals surface area contributed by atoms with E-state index in [1.165, 1.54) is 0 Å². The first-order chi connectivity index (χ1) is 10.1. The number of imidazole rings is 1. The summed E-state index contributed by atoms with van der Waals surface area (Å²) in [6.07, 6.45) is 2.98. The van der Waals surface area contributed by atoms with Crippen molar-refractivity contribution in [3.63, 3.8) is 0 Å². The second-order valence-corrected chi connectivity index (χ2v) is 5.78. The second-order valence-electron chi connectivity index (χ2n) is 4.84. The van der Waals surface area contributed by atoms with Crippen LogP contribution in [0.3, 0.4) is 0 Å². The van der Waals surface area contributed by atoms with Crippen molar-refractivity contribution in [2.75, 3.05) is 5.75 Å². The third-order valence-electron chi connectivity index (χ3n) is 3.28. The van der Waals surface area contributed by atoms with E-state index in [9.17, 15) is 9.59 Å². The molecular formula is C13H14N4O3S. The molecule has 110 valence electrons. The van der Waals surface area contributed by atoms with Crippen LogP contribution >= 0.6 is 11.8 Å². The Morgan fingerprint density at radius 2 is 2.43 bits per heavy atom. The number of pyridine rings is 1. The Hall–Kier alpha value is -2.09. The number of hydrogen-bond donors (Lipinski definition) is 2. The molecule has 0 bridgehead atoms. The lowest BCUT2D eigenvalue weighted by Gasteiger charge is -2.13. The van der Waals surface area contributed by atoms with Crippen LogP contribution in [0.4, 0.5) is 0 Å². The van der Waals surface area contributed by atoms with Crippen molar-refractivity contribution < 1.29 is 14.7 Å². The molecule has 1 aliphatic rings. The molecular weight excluding hydrogens is 292 g/mol. The summed E-state index contributed by atoms with van der Waals surface area (Å²) in [6, 6.07) is 3.68. The van der Waals surface area contributed by atoms with Gasteiger partial charge in [0.2, 0.25) is 5.91 Å². The van der Waals surface area contributed by atoms with Crippen molar-refractivity contribution >= 4 is 34.8 Å². The van der Waals surface area contributed by atoms with Gasteiger partial charge in [0, 0.05) is 25.2 Å². The van der Waals surface area contributed by atoms with Crippen molar-refractivity contribution in [1.29, 1.82) is 0 Å². The van der Waals surface area contributed by atoms with E-state index in [0.29, 0.717) is 23.8 Å². The zero-order chi connectivity index (χ0) is 14.8. The first kappa shape index (κ1) is 13.9. The summed E-state index contributed by atoms with van der Waals surface area (Å²) in [7, 11) is 0. The number of aromatic nitrogens is 3. The molecule has 1 amide bonds. The van der Waals surface area contributed by atoms with Crippen molar-refractivity contribution in [2.24, 2.45) is 0 Å².